The number of fused-ring (bicyclic) bond motifs is 1. The van der Waals surface area contributed by atoms with E-state index in [1.165, 1.54) is 16.5 Å². The number of piperazine rings is 1. The lowest BCUT2D eigenvalue weighted by Crippen LogP contribution is -3.13. The van der Waals surface area contributed by atoms with E-state index in [-0.39, 0.29) is 26.3 Å². The molecule has 8 nitrogen and oxygen atoms in total. The van der Waals surface area contributed by atoms with Crippen LogP contribution in [0.3, 0.4) is 0 Å². The Morgan fingerprint density at radius 1 is 1.03 bits per heavy atom. The minimum Gasteiger partial charge on any atom is -0.454 e. The number of quaternary nitrogens is 1. The lowest BCUT2D eigenvalue weighted by molar-refractivity contribution is -0.917. The van der Waals surface area contributed by atoms with E-state index in [0.29, 0.717) is 24.3 Å². The molecular formula is C23H22Cl2N3O5S2+. The molecule has 2 aromatic carbocycles. The minimum absolute atomic E-state index is 0.0737. The van der Waals surface area contributed by atoms with E-state index in [9.17, 15) is 13.2 Å². The number of rotatable bonds is 6. The van der Waals surface area contributed by atoms with Gasteiger partial charge in [0.1, 0.15) is 15.8 Å². The van der Waals surface area contributed by atoms with Crippen molar-refractivity contribution in [1.82, 2.24) is 4.90 Å². The van der Waals surface area contributed by atoms with E-state index in [4.69, 9.17) is 32.7 Å². The molecule has 3 aromatic rings. The highest BCUT2D eigenvalue weighted by molar-refractivity contribution is 7.93. The quantitative estimate of drug-likeness (QED) is 0.488. The molecule has 3 heterocycles. The Balaban J connectivity index is 1.16. The molecule has 1 fully saturated rings. The number of halogens is 2. The number of hydrogen-bond acceptors (Lipinski definition) is 6. The zero-order valence-electron chi connectivity index (χ0n) is 18.4. The fraction of sp³-hybridized carbons (Fsp3) is 0.261. The smallest absolute Gasteiger partial charge is 0.264 e. The van der Waals surface area contributed by atoms with Crippen molar-refractivity contribution in [2.45, 2.75) is 11.4 Å². The Labute approximate surface area is 217 Å². The summed E-state index contributed by atoms with van der Waals surface area (Å²) in [6, 6.07) is 13.7. The summed E-state index contributed by atoms with van der Waals surface area (Å²) in [7, 11) is -3.88. The zero-order valence-corrected chi connectivity index (χ0v) is 21.6. The number of sulfonamides is 1. The summed E-state index contributed by atoms with van der Waals surface area (Å²) < 4.78 is 38.8. The van der Waals surface area contributed by atoms with Crippen molar-refractivity contribution in [1.29, 1.82) is 0 Å². The number of carbonyl (C=O) groups is 1. The molecule has 0 bridgehead atoms. The summed E-state index contributed by atoms with van der Waals surface area (Å²) in [6.45, 7) is 4.07. The minimum atomic E-state index is -3.88. The van der Waals surface area contributed by atoms with E-state index in [0.717, 1.165) is 42.5 Å². The van der Waals surface area contributed by atoms with Gasteiger partial charge in [0.05, 0.1) is 30.5 Å². The van der Waals surface area contributed by atoms with Crippen molar-refractivity contribution in [3.8, 4) is 11.5 Å². The first-order chi connectivity index (χ1) is 16.8. The van der Waals surface area contributed by atoms with Gasteiger partial charge in [0.2, 0.25) is 6.79 Å². The van der Waals surface area contributed by atoms with Crippen LogP contribution in [-0.4, -0.2) is 52.2 Å². The van der Waals surface area contributed by atoms with Crippen molar-refractivity contribution < 1.29 is 27.6 Å². The van der Waals surface area contributed by atoms with Crippen molar-refractivity contribution in [2.75, 3.05) is 37.7 Å². The molecular weight excluding hydrogens is 533 g/mol. The number of anilines is 1. The average Bonchev–Trinajstić information content (AvgIpc) is 3.45. The maximum Gasteiger partial charge on any atom is 0.264 e. The number of nitrogens with one attached hydrogen (secondary N) is 2. The normalized spacial score (nSPS) is 15.9. The summed E-state index contributed by atoms with van der Waals surface area (Å²) in [6.07, 6.45) is 0. The van der Waals surface area contributed by atoms with Crippen LogP contribution in [0.1, 0.15) is 15.9 Å². The predicted molar refractivity (Wildman–Crippen MR) is 134 cm³/mol. The van der Waals surface area contributed by atoms with Crippen LogP contribution in [0.5, 0.6) is 11.5 Å². The Morgan fingerprint density at radius 3 is 2.43 bits per heavy atom. The third kappa shape index (κ3) is 5.36. The van der Waals surface area contributed by atoms with Crippen LogP contribution in [0, 0.1) is 0 Å². The summed E-state index contributed by atoms with van der Waals surface area (Å²) in [5.41, 5.74) is 2.01. The second-order valence-corrected chi connectivity index (χ2v) is 12.2. The molecule has 5 rings (SSSR count). The molecule has 0 saturated carbocycles. The molecule has 2 aliphatic rings. The van der Waals surface area contributed by atoms with E-state index in [1.807, 2.05) is 17.0 Å². The number of carbonyl (C=O) groups excluding carboxylic acids is 1. The van der Waals surface area contributed by atoms with Crippen molar-refractivity contribution in [3.05, 3.63) is 68.3 Å². The molecule has 184 valence electrons. The number of amides is 1. The first-order valence-electron chi connectivity index (χ1n) is 10.9. The van der Waals surface area contributed by atoms with Gasteiger partial charge in [-0.1, -0.05) is 23.2 Å². The largest absolute Gasteiger partial charge is 0.454 e. The van der Waals surface area contributed by atoms with Gasteiger partial charge in [0, 0.05) is 16.8 Å². The van der Waals surface area contributed by atoms with Gasteiger partial charge in [-0.15, -0.1) is 11.3 Å². The highest BCUT2D eigenvalue weighted by atomic mass is 35.5. The molecule has 0 unspecified atom stereocenters. The van der Waals surface area contributed by atoms with Crippen molar-refractivity contribution in [3.63, 3.8) is 0 Å². The van der Waals surface area contributed by atoms with Gasteiger partial charge in [-0.2, -0.15) is 0 Å². The number of hydrogen-bond donors (Lipinski definition) is 2. The molecule has 1 aromatic heterocycles. The van der Waals surface area contributed by atoms with E-state index in [1.54, 1.807) is 24.3 Å². The summed E-state index contributed by atoms with van der Waals surface area (Å²) in [5.74, 6) is 1.48. The maximum atomic E-state index is 13.0. The third-order valence-corrected chi connectivity index (χ3v) is 9.08. The van der Waals surface area contributed by atoms with Gasteiger partial charge < -0.3 is 19.3 Å². The second kappa shape index (κ2) is 9.87. The molecule has 0 spiro atoms. The monoisotopic (exact) mass is 554 g/mol. The summed E-state index contributed by atoms with van der Waals surface area (Å²) >= 11 is 12.8. The van der Waals surface area contributed by atoms with Gasteiger partial charge >= 0.3 is 0 Å². The Bertz CT molecular complexity index is 1350. The van der Waals surface area contributed by atoms with Gasteiger partial charge in [-0.25, -0.2) is 8.42 Å². The highest BCUT2D eigenvalue weighted by Crippen LogP contribution is 2.35. The molecule has 0 atom stereocenters. The second-order valence-electron chi connectivity index (χ2n) is 8.28. The van der Waals surface area contributed by atoms with Gasteiger partial charge in [0.15, 0.2) is 11.5 Å². The van der Waals surface area contributed by atoms with Gasteiger partial charge in [0.25, 0.3) is 15.9 Å². The molecule has 35 heavy (non-hydrogen) atoms. The number of thiophene rings is 1. The van der Waals surface area contributed by atoms with Crippen molar-refractivity contribution in [2.24, 2.45) is 0 Å². The molecule has 1 amide bonds. The zero-order chi connectivity index (χ0) is 24.6. The van der Waals surface area contributed by atoms with Gasteiger partial charge in [-0.3, -0.25) is 9.52 Å². The maximum absolute atomic E-state index is 13.0. The predicted octanol–water partition coefficient (Wildman–Crippen LogP) is 3.13. The summed E-state index contributed by atoms with van der Waals surface area (Å²) in [4.78, 5) is 16.1. The average molecular weight is 555 g/mol. The first-order valence-corrected chi connectivity index (χ1v) is 13.9. The van der Waals surface area contributed by atoms with E-state index in [2.05, 4.69) is 10.8 Å². The topological polar surface area (TPSA) is 89.4 Å². The molecule has 2 aliphatic heterocycles. The van der Waals surface area contributed by atoms with Crippen LogP contribution in [0.25, 0.3) is 0 Å². The third-order valence-electron chi connectivity index (χ3n) is 5.95. The van der Waals surface area contributed by atoms with Gasteiger partial charge in [-0.05, 0) is 48.5 Å². The van der Waals surface area contributed by atoms with Crippen LogP contribution in [0.2, 0.25) is 8.67 Å². The SMILES string of the molecule is O=C(c1ccc(NS(=O)(=O)c2cc(Cl)sc2Cl)cc1)N1CC[NH+](Cc2ccc3c(c2)OCO3)CC1. The highest BCUT2D eigenvalue weighted by Gasteiger charge is 2.26. The Kier molecular flexibility index (Phi) is 6.82. The molecule has 0 radical (unpaired) electrons. The van der Waals surface area contributed by atoms with Crippen LogP contribution < -0.4 is 19.1 Å². The molecule has 2 N–H and O–H groups in total. The van der Waals surface area contributed by atoms with Crippen LogP contribution in [-0.2, 0) is 16.6 Å². The fourth-order valence-corrected chi connectivity index (χ4v) is 7.33. The Morgan fingerprint density at radius 2 is 1.74 bits per heavy atom. The Hall–Kier alpha value is -2.50. The molecule has 1 saturated heterocycles. The van der Waals surface area contributed by atoms with Crippen LogP contribution >= 0.6 is 34.5 Å². The van der Waals surface area contributed by atoms with Crippen LogP contribution in [0.15, 0.2) is 53.4 Å². The van der Waals surface area contributed by atoms with E-state index < -0.39 is 10.0 Å². The summed E-state index contributed by atoms with van der Waals surface area (Å²) in [5, 5.41) is 0. The number of ether oxygens (including phenoxy) is 2. The van der Waals surface area contributed by atoms with Crippen LogP contribution in [0.4, 0.5) is 5.69 Å². The lowest BCUT2D eigenvalue weighted by atomic mass is 10.1. The van der Waals surface area contributed by atoms with Crippen molar-refractivity contribution >= 4 is 56.2 Å². The number of nitrogens with zero attached hydrogens (tertiary/aromatic N) is 1. The molecule has 12 heteroatoms. The number of benzene rings is 2. The first kappa shape index (κ1) is 24.2. The van der Waals surface area contributed by atoms with E-state index >= 15 is 0 Å². The standard InChI is InChI=1S/C23H21Cl2N3O5S2/c24-21-12-20(22(25)34-21)35(30,31)26-17-4-2-16(3-5-17)23(29)28-9-7-27(8-10-28)13-15-1-6-18-19(11-15)33-14-32-18/h1-6,11-12,26H,7-10,13-14H2/p+1. The fourth-order valence-electron chi connectivity index (χ4n) is 4.12. The lowest BCUT2D eigenvalue weighted by Gasteiger charge is -2.32. The molecule has 0 aliphatic carbocycles.